The third-order valence-electron chi connectivity index (χ3n) is 6.72. The molecule has 0 bridgehead atoms. The van der Waals surface area contributed by atoms with Crippen molar-refractivity contribution in [1.82, 2.24) is 0 Å². The summed E-state index contributed by atoms with van der Waals surface area (Å²) in [5, 5.41) is 7.69. The molecule has 3 aliphatic rings. The minimum atomic E-state index is -0.361. The topological polar surface area (TPSA) is 43.2 Å². The van der Waals surface area contributed by atoms with Gasteiger partial charge in [0.2, 0.25) is 0 Å². The fourth-order valence-electron chi connectivity index (χ4n) is 5.16. The van der Waals surface area contributed by atoms with Crippen molar-refractivity contribution in [2.75, 3.05) is 12.4 Å². The molecule has 1 N–H and O–H groups in total. The van der Waals surface area contributed by atoms with Gasteiger partial charge in [0.1, 0.15) is 0 Å². The van der Waals surface area contributed by atoms with Gasteiger partial charge in [-0.05, 0) is 34.8 Å². The summed E-state index contributed by atoms with van der Waals surface area (Å²) >= 11 is 6.86. The van der Waals surface area contributed by atoms with Crippen molar-refractivity contribution in [2.24, 2.45) is 11.3 Å². The van der Waals surface area contributed by atoms with E-state index in [0.717, 1.165) is 28.8 Å². The van der Waals surface area contributed by atoms with E-state index in [-0.39, 0.29) is 34.1 Å². The van der Waals surface area contributed by atoms with Gasteiger partial charge in [-0.2, -0.15) is 7.05 Å². The van der Waals surface area contributed by atoms with Crippen LogP contribution in [0.3, 0.4) is 0 Å². The summed E-state index contributed by atoms with van der Waals surface area (Å²) in [4.78, 5) is 12.9. The lowest BCUT2D eigenvalue weighted by molar-refractivity contribution is -0.110. The molecule has 1 saturated carbocycles. The zero-order valence-corrected chi connectivity index (χ0v) is 15.9. The molecule has 4 atom stereocenters. The van der Waals surface area contributed by atoms with Gasteiger partial charge in [-0.1, -0.05) is 44.6 Å². The molecule has 4 rings (SSSR count). The van der Waals surface area contributed by atoms with E-state index in [9.17, 15) is 4.79 Å². The summed E-state index contributed by atoms with van der Waals surface area (Å²) in [6.07, 6.45) is 2.74. The summed E-state index contributed by atoms with van der Waals surface area (Å²) in [5.74, 6) is 0.185. The first kappa shape index (κ1) is 16.9. The van der Waals surface area contributed by atoms with Crippen molar-refractivity contribution in [3.05, 3.63) is 52.9 Å². The van der Waals surface area contributed by atoms with Crippen LogP contribution in [0.4, 0.5) is 5.69 Å². The molecule has 0 unspecified atom stereocenters. The summed E-state index contributed by atoms with van der Waals surface area (Å²) in [6, 6.07) is 6.03. The van der Waals surface area contributed by atoms with E-state index < -0.39 is 0 Å². The van der Waals surface area contributed by atoms with E-state index in [2.05, 4.69) is 38.7 Å². The van der Waals surface area contributed by atoms with E-state index in [4.69, 9.17) is 16.9 Å². The lowest BCUT2D eigenvalue weighted by Crippen LogP contribution is -2.52. The summed E-state index contributed by atoms with van der Waals surface area (Å²) in [5.41, 5.74) is 4.71. The summed E-state index contributed by atoms with van der Waals surface area (Å²) in [6.45, 7) is 10.7. The minimum Gasteiger partial charge on any atom is -0.658 e. The van der Waals surface area contributed by atoms with Gasteiger partial charge in [-0.25, -0.2) is 0 Å². The number of alkyl halides is 1. The Morgan fingerprint density at radius 2 is 2.08 bits per heavy atom. The maximum atomic E-state index is 12.9. The van der Waals surface area contributed by atoms with Gasteiger partial charge < -0.3 is 10.6 Å². The Hall–Kier alpha value is -1.58. The average Bonchev–Trinajstić information content (AvgIpc) is 2.91. The molecular formula is C21H24ClN2O-. The fraction of sp³-hybridized carbons (Fsp3) is 0.476. The molecule has 3 nitrogen and oxygen atoms in total. The number of fused-ring (bicyclic) bond motifs is 1. The van der Waals surface area contributed by atoms with Crippen LogP contribution in [0.2, 0.25) is 0 Å². The van der Waals surface area contributed by atoms with Crippen molar-refractivity contribution < 1.29 is 4.79 Å². The summed E-state index contributed by atoms with van der Waals surface area (Å²) in [7, 11) is 1.83. The Balaban J connectivity index is 2.08. The molecule has 2 aliphatic carbocycles. The number of anilines is 1. The van der Waals surface area contributed by atoms with E-state index >= 15 is 0 Å². The third kappa shape index (κ3) is 1.94. The Kier molecular flexibility index (Phi) is 3.52. The number of halogens is 1. The lowest BCUT2D eigenvalue weighted by atomic mass is 9.53. The average molecular weight is 356 g/mol. The Morgan fingerprint density at radius 3 is 2.72 bits per heavy atom. The molecule has 1 aliphatic heterocycles. The van der Waals surface area contributed by atoms with Crippen LogP contribution in [0.25, 0.3) is 10.9 Å². The van der Waals surface area contributed by atoms with Crippen LogP contribution in [0, 0.1) is 11.3 Å². The number of likely N-dealkylation sites (N-methyl/N-ethyl adjacent to an activating group) is 1. The smallest absolute Gasteiger partial charge is 0.256 e. The number of amides is 1. The standard InChI is InChI=1S/C21H24ClN2O/c1-6-21(4)14(22)10-12-16(18(21)23-5)17-15-11(20(12,2)3)8-7-9-13(15)24-19(17)25/h6-9,12,14,18H,1,10H2,2-5H3,(H,24,25)/q-1/t12-,14+,18+,21-/m0/s1. The predicted molar refractivity (Wildman–Crippen MR) is 104 cm³/mol. The van der Waals surface area contributed by atoms with Crippen LogP contribution < -0.4 is 5.32 Å². The monoisotopic (exact) mass is 355 g/mol. The second-order valence-corrected chi connectivity index (χ2v) is 8.75. The van der Waals surface area contributed by atoms with E-state index in [1.807, 2.05) is 25.3 Å². The largest absolute Gasteiger partial charge is 0.658 e. The van der Waals surface area contributed by atoms with Gasteiger partial charge in [0, 0.05) is 22.2 Å². The van der Waals surface area contributed by atoms with E-state index in [1.165, 1.54) is 5.56 Å². The molecule has 0 aromatic heterocycles. The number of benzene rings is 1. The molecule has 1 aromatic carbocycles. The Bertz CT molecular complexity index is 825. The van der Waals surface area contributed by atoms with Crippen LogP contribution >= 0.6 is 11.6 Å². The zero-order valence-electron chi connectivity index (χ0n) is 15.2. The number of carbonyl (C=O) groups is 1. The molecule has 0 saturated heterocycles. The van der Waals surface area contributed by atoms with Crippen molar-refractivity contribution in [3.8, 4) is 0 Å². The first-order valence-electron chi connectivity index (χ1n) is 8.83. The molecule has 4 heteroatoms. The Labute approximate surface area is 154 Å². The molecular weight excluding hydrogens is 332 g/mol. The number of nitrogens with zero attached hydrogens (tertiary/aromatic N) is 1. The number of rotatable bonds is 2. The fourth-order valence-corrected chi connectivity index (χ4v) is 5.55. The molecule has 1 aromatic rings. The van der Waals surface area contributed by atoms with Crippen LogP contribution in [-0.4, -0.2) is 24.4 Å². The number of carbonyl (C=O) groups excluding carboxylic acids is 1. The first-order chi connectivity index (χ1) is 11.8. The predicted octanol–water partition coefficient (Wildman–Crippen LogP) is 4.88. The van der Waals surface area contributed by atoms with Gasteiger partial charge >= 0.3 is 0 Å². The minimum absolute atomic E-state index is 0.00830. The SMILES string of the molecule is C=C[C@@]1(C)[C@H](Cl)C[C@H]2C(=C3C(=O)Nc4cccc(c43)C2(C)C)[C@H]1[N-]C. The maximum Gasteiger partial charge on any atom is 0.256 e. The third-order valence-corrected chi connectivity index (χ3v) is 7.37. The normalized spacial score (nSPS) is 35.1. The maximum absolute atomic E-state index is 12.9. The first-order valence-corrected chi connectivity index (χ1v) is 9.27. The van der Waals surface area contributed by atoms with Gasteiger partial charge in [0.15, 0.2) is 0 Å². The van der Waals surface area contributed by atoms with Gasteiger partial charge in [-0.3, -0.25) is 4.79 Å². The number of hydrogen-bond donors (Lipinski definition) is 1. The summed E-state index contributed by atoms with van der Waals surface area (Å²) < 4.78 is 0. The molecule has 25 heavy (non-hydrogen) atoms. The number of hydrogen-bond acceptors (Lipinski definition) is 1. The molecule has 1 amide bonds. The van der Waals surface area contributed by atoms with E-state index in [0.29, 0.717) is 0 Å². The molecule has 1 heterocycles. The van der Waals surface area contributed by atoms with Crippen molar-refractivity contribution >= 4 is 28.8 Å². The van der Waals surface area contributed by atoms with Crippen molar-refractivity contribution in [3.63, 3.8) is 0 Å². The van der Waals surface area contributed by atoms with Crippen LogP contribution in [0.15, 0.2) is 36.4 Å². The highest BCUT2D eigenvalue weighted by atomic mass is 35.5. The highest BCUT2D eigenvalue weighted by Gasteiger charge is 2.53. The van der Waals surface area contributed by atoms with Crippen LogP contribution in [0.5, 0.6) is 0 Å². The molecule has 1 fully saturated rings. The highest BCUT2D eigenvalue weighted by Crippen LogP contribution is 2.60. The quantitative estimate of drug-likeness (QED) is 0.596. The van der Waals surface area contributed by atoms with Crippen molar-refractivity contribution in [1.29, 1.82) is 0 Å². The second-order valence-electron chi connectivity index (χ2n) is 8.22. The van der Waals surface area contributed by atoms with Crippen LogP contribution in [-0.2, 0) is 10.2 Å². The van der Waals surface area contributed by atoms with Gasteiger partial charge in [-0.15, -0.1) is 24.2 Å². The second kappa shape index (κ2) is 5.21. The highest BCUT2D eigenvalue weighted by molar-refractivity contribution is 6.33. The van der Waals surface area contributed by atoms with Crippen LogP contribution in [0.1, 0.15) is 38.3 Å². The molecule has 0 radical (unpaired) electrons. The molecule has 0 spiro atoms. The van der Waals surface area contributed by atoms with Gasteiger partial charge in [0.05, 0.1) is 0 Å². The Morgan fingerprint density at radius 1 is 1.36 bits per heavy atom. The van der Waals surface area contributed by atoms with Crippen molar-refractivity contribution in [2.45, 2.75) is 44.0 Å². The lowest BCUT2D eigenvalue weighted by Gasteiger charge is -2.59. The van der Waals surface area contributed by atoms with Gasteiger partial charge in [0.25, 0.3) is 5.91 Å². The molecule has 132 valence electrons. The zero-order chi connectivity index (χ0) is 18.1. The van der Waals surface area contributed by atoms with E-state index in [1.54, 1.807) is 0 Å². The number of nitrogens with one attached hydrogen (secondary N) is 1.